The van der Waals surface area contributed by atoms with Crippen LogP contribution in [0.3, 0.4) is 0 Å². The van der Waals surface area contributed by atoms with E-state index in [1.165, 1.54) is 0 Å². The summed E-state index contributed by atoms with van der Waals surface area (Å²) in [6.07, 6.45) is -4.88. The van der Waals surface area contributed by atoms with Gasteiger partial charge in [0.15, 0.2) is 6.61 Å². The van der Waals surface area contributed by atoms with Crippen molar-refractivity contribution in [2.75, 3.05) is 18.5 Å². The molecule has 2 aromatic carbocycles. The van der Waals surface area contributed by atoms with Crippen LogP contribution in [0.4, 0.5) is 18.9 Å². The molecule has 0 unspecified atom stereocenters. The summed E-state index contributed by atoms with van der Waals surface area (Å²) in [6, 6.07) is 9.32. The molecule has 8 nitrogen and oxygen atoms in total. The van der Waals surface area contributed by atoms with Crippen LogP contribution in [0.15, 0.2) is 42.5 Å². The number of ether oxygens (including phenoxy) is 1. The molecule has 0 saturated carbocycles. The van der Waals surface area contributed by atoms with Gasteiger partial charge in [0.2, 0.25) is 5.91 Å². The van der Waals surface area contributed by atoms with Gasteiger partial charge in [-0.3, -0.25) is 29.6 Å². The molecule has 0 bridgehead atoms. The molecule has 12 heteroatoms. The summed E-state index contributed by atoms with van der Waals surface area (Å²) in [5.41, 5.74) is 2.42. The lowest BCUT2D eigenvalue weighted by molar-refractivity contribution is -0.151. The zero-order valence-corrected chi connectivity index (χ0v) is 21.0. The Labute approximate surface area is 216 Å². The number of hydrazine groups is 1. The van der Waals surface area contributed by atoms with E-state index in [0.717, 1.165) is 22.7 Å². The van der Waals surface area contributed by atoms with Crippen LogP contribution in [0.25, 0.3) is 0 Å². The molecule has 2 N–H and O–H groups in total. The third kappa shape index (κ3) is 7.22. The number of hydrogen-bond donors (Lipinski definition) is 2. The maximum absolute atomic E-state index is 12.9. The maximum atomic E-state index is 12.9. The van der Waals surface area contributed by atoms with E-state index in [1.807, 2.05) is 32.9 Å². The molecule has 1 fully saturated rings. The van der Waals surface area contributed by atoms with E-state index in [4.69, 9.17) is 16.3 Å². The van der Waals surface area contributed by atoms with Gasteiger partial charge in [-0.05, 0) is 41.3 Å². The summed E-state index contributed by atoms with van der Waals surface area (Å²) in [4.78, 5) is 49.3. The number of alkyl halides is 3. The average Bonchev–Trinajstić information content (AvgIpc) is 3.17. The SMILES string of the molecule is CC(C)(C)c1ccc(C(=O)NN2C[C@@H](C(=O)OCC(=O)Nc3cc(C(F)(F)F)ccc3Cl)CC2=O)cc1. The molecule has 3 amide bonds. The van der Waals surface area contributed by atoms with Crippen molar-refractivity contribution in [3.63, 3.8) is 0 Å². The van der Waals surface area contributed by atoms with E-state index in [9.17, 15) is 32.3 Å². The van der Waals surface area contributed by atoms with Crippen molar-refractivity contribution in [2.24, 2.45) is 5.92 Å². The molecular weight excluding hydrogens is 515 g/mol. The minimum absolute atomic E-state index is 0.0935. The van der Waals surface area contributed by atoms with E-state index in [-0.39, 0.29) is 29.1 Å². The number of benzene rings is 2. The Morgan fingerprint density at radius 2 is 1.68 bits per heavy atom. The largest absolute Gasteiger partial charge is 0.455 e. The Hall–Kier alpha value is -3.60. The molecule has 198 valence electrons. The Kier molecular flexibility index (Phi) is 8.16. The summed E-state index contributed by atoms with van der Waals surface area (Å²) in [6.45, 7) is 5.14. The highest BCUT2D eigenvalue weighted by Gasteiger charge is 2.37. The number of nitrogens with zero attached hydrogens (tertiary/aromatic N) is 1. The fourth-order valence-electron chi connectivity index (χ4n) is 3.52. The van der Waals surface area contributed by atoms with Crippen LogP contribution in [0.1, 0.15) is 48.7 Å². The van der Waals surface area contributed by atoms with Crippen molar-refractivity contribution < 1.29 is 37.1 Å². The van der Waals surface area contributed by atoms with Gasteiger partial charge in [-0.25, -0.2) is 0 Å². The van der Waals surface area contributed by atoms with Gasteiger partial charge in [0.1, 0.15) is 0 Å². The normalized spacial score (nSPS) is 15.9. The third-order valence-corrected chi connectivity index (χ3v) is 5.95. The quantitative estimate of drug-likeness (QED) is 0.532. The van der Waals surface area contributed by atoms with Gasteiger partial charge in [0, 0.05) is 12.0 Å². The second-order valence-electron chi connectivity index (χ2n) is 9.52. The fraction of sp³-hybridized carbons (Fsp3) is 0.360. The van der Waals surface area contributed by atoms with Crippen molar-refractivity contribution in [3.8, 4) is 0 Å². The Balaban J connectivity index is 1.52. The number of esters is 1. The number of halogens is 4. The predicted octanol–water partition coefficient (Wildman–Crippen LogP) is 4.33. The molecule has 37 heavy (non-hydrogen) atoms. The Bertz CT molecular complexity index is 1210. The standard InChI is InChI=1S/C25H25ClF3N3O5/c1-24(2,3)16-6-4-14(5-7-16)22(35)31-32-12-15(10-21(32)34)23(36)37-13-20(33)30-19-11-17(25(27,28)29)8-9-18(19)26/h4-9,11,15H,10,12-13H2,1-3H3,(H,30,33)(H,31,35)/t15-/m0/s1. The van der Waals surface area contributed by atoms with Gasteiger partial charge in [0.25, 0.3) is 11.8 Å². The first-order chi connectivity index (χ1) is 17.1. The van der Waals surface area contributed by atoms with Crippen LogP contribution in [0, 0.1) is 5.92 Å². The summed E-state index contributed by atoms with van der Waals surface area (Å²) in [5.74, 6) is -3.77. The van der Waals surface area contributed by atoms with E-state index in [1.54, 1.807) is 12.1 Å². The van der Waals surface area contributed by atoms with Crippen molar-refractivity contribution in [1.82, 2.24) is 10.4 Å². The first-order valence-electron chi connectivity index (χ1n) is 11.2. The number of anilines is 1. The van der Waals surface area contributed by atoms with Crippen LogP contribution in [-0.4, -0.2) is 41.9 Å². The summed E-state index contributed by atoms with van der Waals surface area (Å²) < 4.78 is 43.6. The second kappa shape index (κ2) is 10.8. The highest BCUT2D eigenvalue weighted by molar-refractivity contribution is 6.33. The fourth-order valence-corrected chi connectivity index (χ4v) is 3.69. The van der Waals surface area contributed by atoms with Gasteiger partial charge in [-0.2, -0.15) is 13.2 Å². The Morgan fingerprint density at radius 1 is 1.05 bits per heavy atom. The number of rotatable bonds is 6. The number of hydrogen-bond acceptors (Lipinski definition) is 5. The van der Waals surface area contributed by atoms with Crippen molar-refractivity contribution in [3.05, 3.63) is 64.2 Å². The van der Waals surface area contributed by atoms with Gasteiger partial charge in [-0.1, -0.05) is 44.5 Å². The zero-order valence-electron chi connectivity index (χ0n) is 20.2. The molecule has 2 aromatic rings. The lowest BCUT2D eigenvalue weighted by atomic mass is 9.87. The molecule has 0 radical (unpaired) electrons. The Morgan fingerprint density at radius 3 is 2.27 bits per heavy atom. The molecule has 1 heterocycles. The molecule has 1 aliphatic rings. The van der Waals surface area contributed by atoms with Gasteiger partial charge < -0.3 is 10.1 Å². The van der Waals surface area contributed by atoms with Crippen LogP contribution in [0.5, 0.6) is 0 Å². The topological polar surface area (TPSA) is 105 Å². The lowest BCUT2D eigenvalue weighted by Gasteiger charge is -2.20. The van der Waals surface area contributed by atoms with Crippen LogP contribution >= 0.6 is 11.6 Å². The molecule has 0 aromatic heterocycles. The summed E-state index contributed by atoms with van der Waals surface area (Å²) in [5, 5.41) is 3.04. The van der Waals surface area contributed by atoms with E-state index < -0.39 is 48.0 Å². The van der Waals surface area contributed by atoms with Crippen LogP contribution in [-0.2, 0) is 30.7 Å². The highest BCUT2D eigenvalue weighted by atomic mass is 35.5. The van der Waals surface area contributed by atoms with Crippen molar-refractivity contribution >= 4 is 41.0 Å². The molecule has 1 saturated heterocycles. The first kappa shape index (κ1) is 28.0. The molecule has 0 spiro atoms. The van der Waals surface area contributed by atoms with Crippen molar-refractivity contribution in [1.29, 1.82) is 0 Å². The monoisotopic (exact) mass is 539 g/mol. The van der Waals surface area contributed by atoms with Gasteiger partial charge in [-0.15, -0.1) is 0 Å². The molecular formula is C25H25ClF3N3O5. The first-order valence-corrected chi connectivity index (χ1v) is 11.6. The minimum atomic E-state index is -4.64. The minimum Gasteiger partial charge on any atom is -0.455 e. The van der Waals surface area contributed by atoms with Gasteiger partial charge >= 0.3 is 12.1 Å². The second-order valence-corrected chi connectivity index (χ2v) is 9.93. The lowest BCUT2D eigenvalue weighted by Crippen LogP contribution is -2.43. The average molecular weight is 540 g/mol. The molecule has 0 aliphatic carbocycles. The number of carbonyl (C=O) groups is 4. The molecule has 1 aliphatic heterocycles. The number of amides is 3. The highest BCUT2D eigenvalue weighted by Crippen LogP contribution is 2.33. The number of nitrogens with one attached hydrogen (secondary N) is 2. The molecule has 3 rings (SSSR count). The smallest absolute Gasteiger partial charge is 0.416 e. The van der Waals surface area contributed by atoms with Gasteiger partial charge in [0.05, 0.1) is 28.7 Å². The third-order valence-electron chi connectivity index (χ3n) is 5.62. The summed E-state index contributed by atoms with van der Waals surface area (Å²) in [7, 11) is 0. The summed E-state index contributed by atoms with van der Waals surface area (Å²) >= 11 is 5.83. The van der Waals surface area contributed by atoms with E-state index >= 15 is 0 Å². The molecule has 1 atom stereocenters. The van der Waals surface area contributed by atoms with Crippen LogP contribution < -0.4 is 10.7 Å². The zero-order chi connectivity index (χ0) is 27.5. The van der Waals surface area contributed by atoms with E-state index in [2.05, 4.69) is 10.7 Å². The van der Waals surface area contributed by atoms with E-state index in [0.29, 0.717) is 11.6 Å². The van der Waals surface area contributed by atoms with Crippen molar-refractivity contribution in [2.45, 2.75) is 38.8 Å². The number of carbonyl (C=O) groups excluding carboxylic acids is 4. The van der Waals surface area contributed by atoms with Crippen LogP contribution in [0.2, 0.25) is 5.02 Å². The maximum Gasteiger partial charge on any atom is 0.416 e. The predicted molar refractivity (Wildman–Crippen MR) is 128 cm³/mol.